The highest BCUT2D eigenvalue weighted by Crippen LogP contribution is 2.24. The molecule has 0 heterocycles. The monoisotopic (exact) mass is 400 g/mol. The van der Waals surface area contributed by atoms with Gasteiger partial charge in [-0.1, -0.05) is 97.9 Å². The van der Waals surface area contributed by atoms with Crippen molar-refractivity contribution < 1.29 is 9.59 Å². The molecule has 0 bridgehead atoms. The van der Waals surface area contributed by atoms with E-state index in [1.807, 2.05) is 97.9 Å². The lowest BCUT2D eigenvalue weighted by atomic mass is 10.0. The quantitative estimate of drug-likeness (QED) is 0.574. The second-order valence-electron chi connectivity index (χ2n) is 7.20. The van der Waals surface area contributed by atoms with Gasteiger partial charge in [-0.3, -0.25) is 9.59 Å². The number of nitrogens with one attached hydrogen (secondary N) is 1. The summed E-state index contributed by atoms with van der Waals surface area (Å²) in [5.74, 6) is -0.208. The van der Waals surface area contributed by atoms with Gasteiger partial charge in [0.05, 0.1) is 0 Å². The molecule has 154 valence electrons. The summed E-state index contributed by atoms with van der Waals surface area (Å²) in [6.45, 7) is 2.74. The molecular formula is C26H28N2O2. The van der Waals surface area contributed by atoms with Crippen molar-refractivity contribution in [2.24, 2.45) is 0 Å². The second kappa shape index (κ2) is 11.0. The van der Waals surface area contributed by atoms with Gasteiger partial charge in [0.2, 0.25) is 11.8 Å². The van der Waals surface area contributed by atoms with Gasteiger partial charge in [0.15, 0.2) is 0 Å². The van der Waals surface area contributed by atoms with Crippen LogP contribution in [0.2, 0.25) is 0 Å². The Hall–Kier alpha value is -3.40. The number of hydrogen-bond donors (Lipinski definition) is 1. The molecule has 0 saturated heterocycles. The normalized spacial score (nSPS) is 11.5. The van der Waals surface area contributed by atoms with Gasteiger partial charge in [0, 0.05) is 19.5 Å². The summed E-state index contributed by atoms with van der Waals surface area (Å²) in [5, 5.41) is 3.04. The van der Waals surface area contributed by atoms with Crippen molar-refractivity contribution in [2.45, 2.75) is 32.4 Å². The number of rotatable bonds is 9. The zero-order valence-electron chi connectivity index (χ0n) is 17.3. The third kappa shape index (κ3) is 5.80. The molecule has 0 aromatic heterocycles. The van der Waals surface area contributed by atoms with E-state index in [0.717, 1.165) is 17.5 Å². The van der Waals surface area contributed by atoms with Gasteiger partial charge in [-0.25, -0.2) is 0 Å². The van der Waals surface area contributed by atoms with Crippen molar-refractivity contribution in [1.29, 1.82) is 0 Å². The fourth-order valence-electron chi connectivity index (χ4n) is 3.49. The average molecular weight is 401 g/mol. The number of nitrogens with zero attached hydrogens (tertiary/aromatic N) is 1. The molecule has 0 aliphatic carbocycles. The summed E-state index contributed by atoms with van der Waals surface area (Å²) >= 11 is 0. The second-order valence-corrected chi connectivity index (χ2v) is 7.20. The van der Waals surface area contributed by atoms with Gasteiger partial charge in [0.1, 0.15) is 6.04 Å². The van der Waals surface area contributed by atoms with Crippen LogP contribution in [0.5, 0.6) is 0 Å². The van der Waals surface area contributed by atoms with E-state index in [2.05, 4.69) is 5.32 Å². The molecule has 30 heavy (non-hydrogen) atoms. The SMILES string of the molecule is CCC(=O)N(Cc1ccccc1)[C@@H](C(=O)NCCc1ccccc1)c1ccccc1. The maximum atomic E-state index is 13.3. The van der Waals surface area contributed by atoms with E-state index in [1.165, 1.54) is 5.56 Å². The predicted molar refractivity (Wildman–Crippen MR) is 120 cm³/mol. The lowest BCUT2D eigenvalue weighted by Gasteiger charge is -2.31. The van der Waals surface area contributed by atoms with Crippen molar-refractivity contribution in [1.82, 2.24) is 10.2 Å². The summed E-state index contributed by atoms with van der Waals surface area (Å²) in [4.78, 5) is 27.8. The van der Waals surface area contributed by atoms with Gasteiger partial charge >= 0.3 is 0 Å². The molecule has 3 aromatic rings. The topological polar surface area (TPSA) is 49.4 Å². The van der Waals surface area contributed by atoms with E-state index in [1.54, 1.807) is 4.90 Å². The minimum atomic E-state index is -0.672. The molecule has 2 amide bonds. The van der Waals surface area contributed by atoms with E-state index in [4.69, 9.17) is 0 Å². The number of hydrogen-bond acceptors (Lipinski definition) is 2. The van der Waals surface area contributed by atoms with Crippen molar-refractivity contribution in [3.8, 4) is 0 Å². The van der Waals surface area contributed by atoms with E-state index in [-0.39, 0.29) is 11.8 Å². The largest absolute Gasteiger partial charge is 0.354 e. The first-order chi connectivity index (χ1) is 14.7. The maximum Gasteiger partial charge on any atom is 0.247 e. The third-order valence-corrected chi connectivity index (χ3v) is 5.05. The van der Waals surface area contributed by atoms with Gasteiger partial charge in [-0.15, -0.1) is 0 Å². The highest BCUT2D eigenvalue weighted by atomic mass is 16.2. The molecule has 4 heteroatoms. The zero-order valence-corrected chi connectivity index (χ0v) is 17.3. The Morgan fingerprint density at radius 1 is 0.800 bits per heavy atom. The number of amides is 2. The molecule has 3 aromatic carbocycles. The molecule has 3 rings (SSSR count). The van der Waals surface area contributed by atoms with Crippen LogP contribution in [0.4, 0.5) is 0 Å². The summed E-state index contributed by atoms with van der Waals surface area (Å²) in [5.41, 5.74) is 2.98. The fourth-order valence-corrected chi connectivity index (χ4v) is 3.49. The molecular weight excluding hydrogens is 372 g/mol. The van der Waals surface area contributed by atoms with Crippen LogP contribution >= 0.6 is 0 Å². The summed E-state index contributed by atoms with van der Waals surface area (Å²) in [6, 6.07) is 28.7. The Kier molecular flexibility index (Phi) is 7.78. The van der Waals surface area contributed by atoms with Crippen LogP contribution in [-0.2, 0) is 22.6 Å². The predicted octanol–water partition coefficient (Wildman–Crippen LogP) is 4.53. The minimum Gasteiger partial charge on any atom is -0.354 e. The average Bonchev–Trinajstić information content (AvgIpc) is 2.80. The Morgan fingerprint density at radius 2 is 1.33 bits per heavy atom. The molecule has 1 atom stereocenters. The Morgan fingerprint density at radius 3 is 1.90 bits per heavy atom. The van der Waals surface area contributed by atoms with E-state index >= 15 is 0 Å². The van der Waals surface area contributed by atoms with Gasteiger partial charge < -0.3 is 10.2 Å². The Bertz CT molecular complexity index is 927. The first-order valence-electron chi connectivity index (χ1n) is 10.4. The molecule has 0 aliphatic rings. The third-order valence-electron chi connectivity index (χ3n) is 5.05. The molecule has 0 unspecified atom stereocenters. The molecule has 0 aliphatic heterocycles. The van der Waals surface area contributed by atoms with Gasteiger partial charge in [-0.2, -0.15) is 0 Å². The van der Waals surface area contributed by atoms with Crippen LogP contribution in [0, 0.1) is 0 Å². The first-order valence-corrected chi connectivity index (χ1v) is 10.4. The fraction of sp³-hybridized carbons (Fsp3) is 0.231. The number of benzene rings is 3. The van der Waals surface area contributed by atoms with E-state index in [0.29, 0.717) is 19.5 Å². The van der Waals surface area contributed by atoms with E-state index < -0.39 is 6.04 Å². The van der Waals surface area contributed by atoms with Crippen LogP contribution in [0.3, 0.4) is 0 Å². The van der Waals surface area contributed by atoms with Gasteiger partial charge in [-0.05, 0) is 23.1 Å². The van der Waals surface area contributed by atoms with Crippen LogP contribution in [-0.4, -0.2) is 23.3 Å². The van der Waals surface area contributed by atoms with Gasteiger partial charge in [0.25, 0.3) is 0 Å². The molecule has 0 saturated carbocycles. The van der Waals surface area contributed by atoms with Crippen molar-refractivity contribution in [2.75, 3.05) is 6.54 Å². The minimum absolute atomic E-state index is 0.0501. The summed E-state index contributed by atoms with van der Waals surface area (Å²) in [7, 11) is 0. The first kappa shape index (κ1) is 21.3. The van der Waals surface area contributed by atoms with Crippen molar-refractivity contribution in [3.63, 3.8) is 0 Å². The van der Waals surface area contributed by atoms with Crippen molar-refractivity contribution >= 4 is 11.8 Å². The lowest BCUT2D eigenvalue weighted by Crippen LogP contribution is -2.43. The molecule has 0 radical (unpaired) electrons. The molecule has 1 N–H and O–H groups in total. The molecule has 0 spiro atoms. The van der Waals surface area contributed by atoms with Crippen molar-refractivity contribution in [3.05, 3.63) is 108 Å². The van der Waals surface area contributed by atoms with Crippen LogP contribution < -0.4 is 5.32 Å². The smallest absolute Gasteiger partial charge is 0.247 e. The standard InChI is InChI=1S/C26H28N2O2/c1-2-24(29)28(20-22-14-8-4-9-15-22)25(23-16-10-5-11-17-23)26(30)27-19-18-21-12-6-3-7-13-21/h3-17,25H,2,18-20H2,1H3,(H,27,30)/t25-/m1/s1. The van der Waals surface area contributed by atoms with E-state index in [9.17, 15) is 9.59 Å². The number of carbonyl (C=O) groups is 2. The highest BCUT2D eigenvalue weighted by molar-refractivity contribution is 5.88. The van der Waals surface area contributed by atoms with Crippen LogP contribution in [0.25, 0.3) is 0 Å². The maximum absolute atomic E-state index is 13.3. The van der Waals surface area contributed by atoms with Crippen LogP contribution in [0.1, 0.15) is 36.1 Å². The zero-order chi connectivity index (χ0) is 21.2. The highest BCUT2D eigenvalue weighted by Gasteiger charge is 2.30. The lowest BCUT2D eigenvalue weighted by molar-refractivity contribution is -0.141. The van der Waals surface area contributed by atoms with Crippen LogP contribution in [0.15, 0.2) is 91.0 Å². The summed E-state index contributed by atoms with van der Waals surface area (Å²) < 4.78 is 0. The number of carbonyl (C=O) groups excluding carboxylic acids is 2. The summed E-state index contributed by atoms with van der Waals surface area (Å²) in [6.07, 6.45) is 1.09. The Balaban J connectivity index is 1.82. The Labute approximate surface area is 178 Å². The molecule has 0 fully saturated rings. The molecule has 4 nitrogen and oxygen atoms in total.